The fourth-order valence-electron chi connectivity index (χ4n) is 3.40. The first-order valence-electron chi connectivity index (χ1n) is 8.94. The number of nitrogens with one attached hydrogen (secondary N) is 2. The molecule has 0 bridgehead atoms. The van der Waals surface area contributed by atoms with Gasteiger partial charge in [0.1, 0.15) is 0 Å². The minimum absolute atomic E-state index is 0.147. The Kier molecular flexibility index (Phi) is 5.59. The van der Waals surface area contributed by atoms with Crippen molar-refractivity contribution in [3.63, 3.8) is 0 Å². The van der Waals surface area contributed by atoms with Gasteiger partial charge in [0.05, 0.1) is 16.9 Å². The molecule has 1 aliphatic rings. The second-order valence-corrected chi connectivity index (χ2v) is 8.48. The van der Waals surface area contributed by atoms with Crippen LogP contribution >= 0.6 is 0 Å². The average molecular weight is 433 g/mol. The molecule has 0 radical (unpaired) electrons. The summed E-state index contributed by atoms with van der Waals surface area (Å²) >= 11 is 0. The van der Waals surface area contributed by atoms with Gasteiger partial charge in [0.2, 0.25) is 11.8 Å². The van der Waals surface area contributed by atoms with Crippen LogP contribution in [0.25, 0.3) is 10.8 Å². The lowest BCUT2D eigenvalue weighted by atomic mass is 9.92. The molecule has 2 aromatic carbocycles. The number of hydrogen-bond acceptors (Lipinski definition) is 6. The number of nitrogens with zero attached hydrogens (tertiary/aromatic N) is 1. The lowest BCUT2D eigenvalue weighted by Crippen LogP contribution is -2.41. The number of carbonyl (C=O) groups excluding carboxylic acids is 4. The van der Waals surface area contributed by atoms with E-state index in [0.29, 0.717) is 22.1 Å². The summed E-state index contributed by atoms with van der Waals surface area (Å²) in [5, 5.41) is 6.03. The Morgan fingerprint density at radius 3 is 1.80 bits per heavy atom. The number of hydrogen-bond donors (Lipinski definition) is 3. The minimum atomic E-state index is -4.25. The summed E-state index contributed by atoms with van der Waals surface area (Å²) in [5.74, 6) is -2.61. The van der Waals surface area contributed by atoms with Gasteiger partial charge in [0.15, 0.2) is 0 Å². The van der Waals surface area contributed by atoms with E-state index < -0.39 is 27.7 Å². The molecule has 0 aliphatic carbocycles. The maximum atomic E-state index is 13.0. The highest BCUT2D eigenvalue weighted by atomic mass is 32.2. The van der Waals surface area contributed by atoms with E-state index >= 15 is 0 Å². The van der Waals surface area contributed by atoms with E-state index in [9.17, 15) is 27.6 Å². The highest BCUT2D eigenvalue weighted by Crippen LogP contribution is 2.35. The first-order valence-corrected chi connectivity index (χ1v) is 10.6. The van der Waals surface area contributed by atoms with Gasteiger partial charge in [-0.1, -0.05) is 0 Å². The lowest BCUT2D eigenvalue weighted by Gasteiger charge is -2.28. The highest BCUT2D eigenvalue weighted by molar-refractivity contribution is 7.85. The standard InChI is InChI=1S/C19H19N3O7S/c1-10(23)20-13-6-12-7-14(21-11(2)24)9-16-17(12)15(8-13)18(25)22(19(16)26)4-3-5-30(27,28)29/h6-9H,3-5H2,1-2H3,(H,20,23)(H,21,24)(H,27,28,29). The normalized spacial score (nSPS) is 13.5. The molecule has 0 saturated heterocycles. The molecule has 4 amide bonds. The third-order valence-corrected chi connectivity index (χ3v) is 5.23. The summed E-state index contributed by atoms with van der Waals surface area (Å²) < 4.78 is 30.8. The zero-order valence-electron chi connectivity index (χ0n) is 16.2. The quantitative estimate of drug-likeness (QED) is 0.463. The molecule has 0 aromatic heterocycles. The molecule has 0 atom stereocenters. The Bertz CT molecular complexity index is 1130. The van der Waals surface area contributed by atoms with Crippen LogP contribution in [0.4, 0.5) is 11.4 Å². The SMILES string of the molecule is CC(=O)Nc1cc2c3c(cc(NC(C)=O)cc3c1)C(=O)N(CCCS(=O)(=O)O)C2=O. The molecule has 0 fully saturated rings. The molecule has 2 aromatic rings. The summed E-state index contributed by atoms with van der Waals surface area (Å²) in [5.41, 5.74) is 0.979. The lowest BCUT2D eigenvalue weighted by molar-refractivity contribution is -0.115. The molecule has 1 heterocycles. The molecule has 10 nitrogen and oxygen atoms in total. The number of rotatable bonds is 6. The molecule has 3 rings (SSSR count). The van der Waals surface area contributed by atoms with E-state index in [2.05, 4.69) is 10.6 Å². The molecule has 1 aliphatic heterocycles. The summed E-state index contributed by atoms with van der Waals surface area (Å²) in [6.45, 7) is 2.39. The van der Waals surface area contributed by atoms with Gasteiger partial charge in [-0.25, -0.2) is 0 Å². The molecule has 0 unspecified atom stereocenters. The van der Waals surface area contributed by atoms with Crippen molar-refractivity contribution in [1.82, 2.24) is 4.90 Å². The van der Waals surface area contributed by atoms with Crippen LogP contribution in [0.5, 0.6) is 0 Å². The van der Waals surface area contributed by atoms with Crippen molar-refractivity contribution in [2.75, 3.05) is 22.9 Å². The van der Waals surface area contributed by atoms with Gasteiger partial charge < -0.3 is 10.6 Å². The molecule has 0 spiro atoms. The predicted molar refractivity (Wildman–Crippen MR) is 109 cm³/mol. The summed E-state index contributed by atoms with van der Waals surface area (Å²) in [6.07, 6.45) is -0.147. The van der Waals surface area contributed by atoms with Crippen LogP contribution in [0, 0.1) is 0 Å². The van der Waals surface area contributed by atoms with Crippen molar-refractivity contribution in [3.05, 3.63) is 35.4 Å². The zero-order valence-corrected chi connectivity index (χ0v) is 17.0. The fraction of sp³-hybridized carbons (Fsp3) is 0.263. The van der Waals surface area contributed by atoms with E-state index in [1.165, 1.54) is 26.0 Å². The van der Waals surface area contributed by atoms with Crippen LogP contribution in [-0.2, 0) is 19.7 Å². The second-order valence-electron chi connectivity index (χ2n) is 6.91. The summed E-state index contributed by atoms with van der Waals surface area (Å²) in [4.78, 5) is 49.8. The van der Waals surface area contributed by atoms with Crippen LogP contribution in [0.2, 0.25) is 0 Å². The summed E-state index contributed by atoms with van der Waals surface area (Å²) in [6, 6.07) is 6.05. The average Bonchev–Trinajstić information content (AvgIpc) is 2.59. The van der Waals surface area contributed by atoms with Gasteiger partial charge in [-0.15, -0.1) is 0 Å². The van der Waals surface area contributed by atoms with Crippen molar-refractivity contribution in [2.24, 2.45) is 0 Å². The number of carbonyl (C=O) groups is 4. The van der Waals surface area contributed by atoms with Crippen molar-refractivity contribution in [3.8, 4) is 0 Å². The van der Waals surface area contributed by atoms with E-state index in [4.69, 9.17) is 4.55 Å². The van der Waals surface area contributed by atoms with Crippen molar-refractivity contribution >= 4 is 55.9 Å². The maximum absolute atomic E-state index is 13.0. The van der Waals surface area contributed by atoms with Crippen molar-refractivity contribution < 1.29 is 32.1 Å². The van der Waals surface area contributed by atoms with E-state index in [1.807, 2.05) is 0 Å². The van der Waals surface area contributed by atoms with E-state index in [1.54, 1.807) is 12.1 Å². The third kappa shape index (κ3) is 4.47. The van der Waals surface area contributed by atoms with Gasteiger partial charge in [-0.05, 0) is 36.1 Å². The maximum Gasteiger partial charge on any atom is 0.264 e. The highest BCUT2D eigenvalue weighted by Gasteiger charge is 2.33. The number of benzene rings is 2. The van der Waals surface area contributed by atoms with Gasteiger partial charge in [-0.3, -0.25) is 28.6 Å². The Morgan fingerprint density at radius 2 is 1.40 bits per heavy atom. The van der Waals surface area contributed by atoms with Crippen LogP contribution < -0.4 is 10.6 Å². The molecule has 3 N–H and O–H groups in total. The van der Waals surface area contributed by atoms with Gasteiger partial charge >= 0.3 is 0 Å². The Hall–Kier alpha value is -3.31. The minimum Gasteiger partial charge on any atom is -0.326 e. The summed E-state index contributed by atoms with van der Waals surface area (Å²) in [7, 11) is -4.25. The van der Waals surface area contributed by atoms with Crippen LogP contribution in [-0.4, -0.2) is 53.8 Å². The third-order valence-electron chi connectivity index (χ3n) is 4.42. The van der Waals surface area contributed by atoms with Gasteiger partial charge in [0.25, 0.3) is 21.9 Å². The van der Waals surface area contributed by atoms with Crippen LogP contribution in [0.3, 0.4) is 0 Å². The van der Waals surface area contributed by atoms with Crippen LogP contribution in [0.1, 0.15) is 41.0 Å². The zero-order chi connectivity index (χ0) is 22.2. The fourth-order valence-corrected chi connectivity index (χ4v) is 3.89. The van der Waals surface area contributed by atoms with Crippen LogP contribution in [0.15, 0.2) is 24.3 Å². The molecular weight excluding hydrogens is 414 g/mol. The number of imide groups is 1. The largest absolute Gasteiger partial charge is 0.326 e. The van der Waals surface area contributed by atoms with E-state index in [-0.39, 0.29) is 35.9 Å². The number of anilines is 2. The molecule has 30 heavy (non-hydrogen) atoms. The first-order chi connectivity index (χ1) is 14.0. The Morgan fingerprint density at radius 1 is 0.933 bits per heavy atom. The molecule has 11 heteroatoms. The van der Waals surface area contributed by atoms with Gasteiger partial charge in [-0.2, -0.15) is 8.42 Å². The first kappa shape index (κ1) is 21.4. The smallest absolute Gasteiger partial charge is 0.264 e. The number of amides is 4. The molecular formula is C19H19N3O7S. The molecule has 158 valence electrons. The van der Waals surface area contributed by atoms with Crippen molar-refractivity contribution in [1.29, 1.82) is 0 Å². The topological polar surface area (TPSA) is 150 Å². The van der Waals surface area contributed by atoms with Gasteiger partial charge in [0, 0.05) is 37.2 Å². The predicted octanol–water partition coefficient (Wildman–Crippen LogP) is 1.63. The Balaban J connectivity index is 2.13. The monoisotopic (exact) mass is 433 g/mol. The van der Waals surface area contributed by atoms with E-state index in [0.717, 1.165) is 4.90 Å². The Labute approximate surface area is 172 Å². The second kappa shape index (κ2) is 7.84. The molecule has 0 saturated carbocycles. The van der Waals surface area contributed by atoms with Crippen molar-refractivity contribution in [2.45, 2.75) is 20.3 Å².